The Morgan fingerprint density at radius 3 is 2.38 bits per heavy atom. The van der Waals surface area contributed by atoms with Gasteiger partial charge in [0, 0.05) is 5.41 Å². The van der Waals surface area contributed by atoms with E-state index in [0.29, 0.717) is 5.78 Å². The maximum Gasteiger partial charge on any atom is 0.152 e. The first-order valence-electron chi connectivity index (χ1n) is 5.43. The van der Waals surface area contributed by atoms with E-state index in [2.05, 4.69) is 15.9 Å². The zero-order valence-electron chi connectivity index (χ0n) is 8.02. The van der Waals surface area contributed by atoms with Gasteiger partial charge >= 0.3 is 0 Å². The van der Waals surface area contributed by atoms with Crippen molar-refractivity contribution in [2.45, 2.75) is 56.2 Å². The lowest BCUT2D eigenvalue weighted by Crippen LogP contribution is -2.41. The van der Waals surface area contributed by atoms with Crippen LogP contribution in [0.1, 0.15) is 51.4 Å². The molecule has 0 bridgehead atoms. The van der Waals surface area contributed by atoms with E-state index in [0.717, 1.165) is 25.7 Å². The van der Waals surface area contributed by atoms with Gasteiger partial charge in [0.05, 0.1) is 4.83 Å². The van der Waals surface area contributed by atoms with Crippen LogP contribution in [-0.2, 0) is 4.79 Å². The molecule has 0 radical (unpaired) electrons. The van der Waals surface area contributed by atoms with Crippen LogP contribution in [0.5, 0.6) is 0 Å². The molecular formula is C11H17BrO. The van der Waals surface area contributed by atoms with Crippen LogP contribution >= 0.6 is 15.9 Å². The molecule has 0 aromatic carbocycles. The van der Waals surface area contributed by atoms with Crippen LogP contribution < -0.4 is 0 Å². The van der Waals surface area contributed by atoms with Crippen molar-refractivity contribution in [3.05, 3.63) is 0 Å². The molecule has 1 spiro atoms. The number of carbonyl (C=O) groups excluding carboxylic acids is 1. The van der Waals surface area contributed by atoms with Crippen LogP contribution in [0.3, 0.4) is 0 Å². The fraction of sp³-hybridized carbons (Fsp3) is 0.909. The minimum absolute atomic E-state index is 0.102. The standard InChI is InChI=1S/C11H17BrO/c12-9-5-4-8-11(10(9)13)6-2-1-3-7-11/h9H,1-8H2. The van der Waals surface area contributed by atoms with Crippen LogP contribution in [0.15, 0.2) is 0 Å². The minimum Gasteiger partial charge on any atom is -0.298 e. The smallest absolute Gasteiger partial charge is 0.152 e. The Balaban J connectivity index is 2.14. The van der Waals surface area contributed by atoms with Gasteiger partial charge < -0.3 is 0 Å². The highest BCUT2D eigenvalue weighted by Gasteiger charge is 2.43. The number of hydrogen-bond acceptors (Lipinski definition) is 1. The molecule has 2 aliphatic rings. The predicted molar refractivity (Wildman–Crippen MR) is 57.1 cm³/mol. The second-order valence-electron chi connectivity index (χ2n) is 4.57. The molecule has 2 fully saturated rings. The van der Waals surface area contributed by atoms with E-state index in [9.17, 15) is 4.79 Å². The lowest BCUT2D eigenvalue weighted by atomic mass is 9.64. The summed E-state index contributed by atoms with van der Waals surface area (Å²) in [7, 11) is 0. The Bertz CT molecular complexity index is 201. The number of ketones is 1. The third-order valence-electron chi connectivity index (χ3n) is 3.73. The maximum atomic E-state index is 12.1. The van der Waals surface area contributed by atoms with Gasteiger partial charge in [0.2, 0.25) is 0 Å². The summed E-state index contributed by atoms with van der Waals surface area (Å²) in [6.45, 7) is 0. The quantitative estimate of drug-likeness (QED) is 0.597. The van der Waals surface area contributed by atoms with Gasteiger partial charge in [-0.15, -0.1) is 0 Å². The van der Waals surface area contributed by atoms with E-state index in [1.807, 2.05) is 0 Å². The van der Waals surface area contributed by atoms with E-state index in [4.69, 9.17) is 0 Å². The van der Waals surface area contributed by atoms with E-state index in [-0.39, 0.29) is 10.2 Å². The molecule has 74 valence electrons. The molecule has 1 nitrogen and oxygen atoms in total. The van der Waals surface area contributed by atoms with Crippen molar-refractivity contribution in [1.29, 1.82) is 0 Å². The summed E-state index contributed by atoms with van der Waals surface area (Å²) in [6.07, 6.45) is 9.65. The van der Waals surface area contributed by atoms with E-state index in [1.54, 1.807) is 0 Å². The third-order valence-corrected chi connectivity index (χ3v) is 4.60. The highest BCUT2D eigenvalue weighted by molar-refractivity contribution is 9.10. The number of halogens is 1. The Morgan fingerprint density at radius 2 is 1.69 bits per heavy atom. The largest absolute Gasteiger partial charge is 0.298 e. The summed E-state index contributed by atoms with van der Waals surface area (Å²) in [5.41, 5.74) is 0.102. The predicted octanol–water partition coefficient (Wildman–Crippen LogP) is 3.45. The lowest BCUT2D eigenvalue weighted by molar-refractivity contribution is -0.132. The molecule has 0 saturated heterocycles. The molecule has 2 rings (SSSR count). The normalized spacial score (nSPS) is 33.6. The van der Waals surface area contributed by atoms with Crippen molar-refractivity contribution in [1.82, 2.24) is 0 Å². The summed E-state index contributed by atoms with van der Waals surface area (Å²) in [4.78, 5) is 12.2. The number of rotatable bonds is 0. The highest BCUT2D eigenvalue weighted by Crippen LogP contribution is 2.46. The van der Waals surface area contributed by atoms with Gasteiger partial charge in [0.1, 0.15) is 0 Å². The van der Waals surface area contributed by atoms with Gasteiger partial charge in [-0.2, -0.15) is 0 Å². The van der Waals surface area contributed by atoms with Crippen LogP contribution in [0.2, 0.25) is 0 Å². The van der Waals surface area contributed by atoms with Gasteiger partial charge in [0.15, 0.2) is 5.78 Å². The molecule has 2 saturated carbocycles. The molecule has 1 atom stereocenters. The summed E-state index contributed by atoms with van der Waals surface area (Å²) in [5.74, 6) is 0.512. The lowest BCUT2D eigenvalue weighted by Gasteiger charge is -2.40. The Morgan fingerprint density at radius 1 is 1.08 bits per heavy atom. The Labute approximate surface area is 88.4 Å². The van der Waals surface area contributed by atoms with Crippen molar-refractivity contribution < 1.29 is 4.79 Å². The van der Waals surface area contributed by atoms with Crippen molar-refractivity contribution in [2.75, 3.05) is 0 Å². The fourth-order valence-electron chi connectivity index (χ4n) is 2.93. The topological polar surface area (TPSA) is 17.1 Å². The average molecular weight is 245 g/mol. The SMILES string of the molecule is O=C1C(Br)CCCC12CCCCC2. The van der Waals surface area contributed by atoms with E-state index >= 15 is 0 Å². The van der Waals surface area contributed by atoms with Gasteiger partial charge in [0.25, 0.3) is 0 Å². The number of Topliss-reactive ketones (excluding diaryl/α,β-unsaturated/α-hetero) is 1. The summed E-state index contributed by atoms with van der Waals surface area (Å²) >= 11 is 3.51. The fourth-order valence-corrected chi connectivity index (χ4v) is 3.74. The van der Waals surface area contributed by atoms with Crippen molar-refractivity contribution in [3.63, 3.8) is 0 Å². The monoisotopic (exact) mass is 244 g/mol. The van der Waals surface area contributed by atoms with E-state index < -0.39 is 0 Å². The second kappa shape index (κ2) is 3.72. The Kier molecular flexibility index (Phi) is 2.77. The van der Waals surface area contributed by atoms with Gasteiger partial charge in [-0.3, -0.25) is 4.79 Å². The average Bonchev–Trinajstić information content (AvgIpc) is 2.16. The maximum absolute atomic E-state index is 12.1. The number of alkyl halides is 1. The molecular weight excluding hydrogens is 228 g/mol. The molecule has 2 aliphatic carbocycles. The van der Waals surface area contributed by atoms with Crippen LogP contribution in [0, 0.1) is 5.41 Å². The van der Waals surface area contributed by atoms with Crippen LogP contribution in [0.4, 0.5) is 0 Å². The van der Waals surface area contributed by atoms with Crippen LogP contribution in [-0.4, -0.2) is 10.6 Å². The van der Waals surface area contributed by atoms with Gasteiger partial charge in [-0.1, -0.05) is 41.6 Å². The van der Waals surface area contributed by atoms with Crippen molar-refractivity contribution in [3.8, 4) is 0 Å². The molecule has 0 aromatic heterocycles. The summed E-state index contributed by atoms with van der Waals surface area (Å²) in [6, 6.07) is 0. The van der Waals surface area contributed by atoms with Crippen LogP contribution in [0.25, 0.3) is 0 Å². The zero-order chi connectivity index (χ0) is 9.31. The Hall–Kier alpha value is 0.150. The highest BCUT2D eigenvalue weighted by atomic mass is 79.9. The molecule has 13 heavy (non-hydrogen) atoms. The minimum atomic E-state index is 0.102. The number of hydrogen-bond donors (Lipinski definition) is 0. The first-order chi connectivity index (χ1) is 6.25. The number of carbonyl (C=O) groups is 1. The molecule has 1 unspecified atom stereocenters. The third kappa shape index (κ3) is 1.70. The van der Waals surface area contributed by atoms with E-state index in [1.165, 1.54) is 25.7 Å². The zero-order valence-corrected chi connectivity index (χ0v) is 9.61. The van der Waals surface area contributed by atoms with Gasteiger partial charge in [-0.05, 0) is 25.7 Å². The van der Waals surface area contributed by atoms with Crippen molar-refractivity contribution >= 4 is 21.7 Å². The summed E-state index contributed by atoms with van der Waals surface area (Å²) in [5, 5.41) is 0. The molecule has 0 aliphatic heterocycles. The molecule has 0 N–H and O–H groups in total. The summed E-state index contributed by atoms with van der Waals surface area (Å²) < 4.78 is 0. The van der Waals surface area contributed by atoms with Gasteiger partial charge in [-0.25, -0.2) is 0 Å². The van der Waals surface area contributed by atoms with Crippen molar-refractivity contribution in [2.24, 2.45) is 5.41 Å². The molecule has 2 heteroatoms. The molecule has 0 aromatic rings. The molecule has 0 heterocycles. The second-order valence-corrected chi connectivity index (χ2v) is 5.67. The first kappa shape index (κ1) is 9.70. The first-order valence-corrected chi connectivity index (χ1v) is 6.35. The molecule has 0 amide bonds.